The van der Waals surface area contributed by atoms with Crippen molar-refractivity contribution in [3.8, 4) is 0 Å². The minimum Gasteiger partial charge on any atom is -0.305 e. The molecule has 0 spiro atoms. The first-order valence-electron chi connectivity index (χ1n) is 5.62. The Bertz CT molecular complexity index is 510. The van der Waals surface area contributed by atoms with E-state index in [-0.39, 0.29) is 0 Å². The molecule has 0 saturated heterocycles. The molecule has 1 unspecified atom stereocenters. The predicted octanol–water partition coefficient (Wildman–Crippen LogP) is 3.66. The molecule has 0 amide bonds. The van der Waals surface area contributed by atoms with E-state index in [1.54, 1.807) is 4.88 Å². The minimum atomic E-state index is 0.439. The number of hydrogen-bond donors (Lipinski definition) is 1. The molecule has 1 aliphatic rings. The summed E-state index contributed by atoms with van der Waals surface area (Å²) < 4.78 is 0. The van der Waals surface area contributed by atoms with Gasteiger partial charge in [-0.15, -0.1) is 22.7 Å². The van der Waals surface area contributed by atoms with Crippen molar-refractivity contribution in [1.29, 1.82) is 0 Å². The maximum Gasteiger partial charge on any atom is 0.0684 e. The molecular formula is C13H15NS2. The third-order valence-corrected chi connectivity index (χ3v) is 5.35. The Morgan fingerprint density at radius 2 is 2.25 bits per heavy atom. The number of thiophene rings is 2. The first-order chi connectivity index (χ1) is 7.75. The van der Waals surface area contributed by atoms with Crippen molar-refractivity contribution in [3.05, 3.63) is 43.3 Å². The van der Waals surface area contributed by atoms with Crippen LogP contribution < -0.4 is 5.32 Å². The van der Waals surface area contributed by atoms with Gasteiger partial charge in [-0.2, -0.15) is 0 Å². The second-order valence-corrected chi connectivity index (χ2v) is 6.63. The highest BCUT2D eigenvalue weighted by Crippen LogP contribution is 2.37. The summed E-state index contributed by atoms with van der Waals surface area (Å²) in [5, 5.41) is 5.87. The fourth-order valence-corrected chi connectivity index (χ4v) is 4.48. The summed E-state index contributed by atoms with van der Waals surface area (Å²) in [6, 6.07) is 5.02. The van der Waals surface area contributed by atoms with Gasteiger partial charge in [-0.1, -0.05) is 0 Å². The van der Waals surface area contributed by atoms with Crippen LogP contribution in [0, 0.1) is 13.8 Å². The Morgan fingerprint density at radius 3 is 3.00 bits per heavy atom. The van der Waals surface area contributed by atoms with Crippen LogP contribution in [0.2, 0.25) is 0 Å². The molecule has 3 heterocycles. The Morgan fingerprint density at radius 1 is 1.38 bits per heavy atom. The summed E-state index contributed by atoms with van der Waals surface area (Å²) in [6.45, 7) is 5.52. The summed E-state index contributed by atoms with van der Waals surface area (Å²) in [5.41, 5.74) is 2.93. The first kappa shape index (κ1) is 10.5. The maximum absolute atomic E-state index is 3.65. The van der Waals surface area contributed by atoms with Gasteiger partial charge in [-0.05, 0) is 48.9 Å². The van der Waals surface area contributed by atoms with Crippen molar-refractivity contribution >= 4 is 22.7 Å². The van der Waals surface area contributed by atoms with E-state index in [9.17, 15) is 0 Å². The molecule has 16 heavy (non-hydrogen) atoms. The molecule has 1 atom stereocenters. The van der Waals surface area contributed by atoms with Crippen molar-refractivity contribution in [2.24, 2.45) is 0 Å². The average molecular weight is 249 g/mol. The van der Waals surface area contributed by atoms with Crippen LogP contribution in [0.4, 0.5) is 0 Å². The molecular weight excluding hydrogens is 234 g/mol. The molecule has 1 N–H and O–H groups in total. The van der Waals surface area contributed by atoms with E-state index in [1.165, 1.54) is 27.3 Å². The average Bonchev–Trinajstić information content (AvgIpc) is 2.84. The second kappa shape index (κ2) is 3.99. The molecule has 0 fully saturated rings. The number of fused-ring (bicyclic) bond motifs is 1. The molecule has 0 aromatic carbocycles. The fraction of sp³-hybridized carbons (Fsp3) is 0.385. The van der Waals surface area contributed by atoms with Gasteiger partial charge in [-0.3, -0.25) is 0 Å². The molecule has 0 aliphatic carbocycles. The molecule has 1 nitrogen and oxygen atoms in total. The van der Waals surface area contributed by atoms with Gasteiger partial charge < -0.3 is 5.32 Å². The molecule has 3 heteroatoms. The zero-order valence-electron chi connectivity index (χ0n) is 9.54. The van der Waals surface area contributed by atoms with Gasteiger partial charge in [0, 0.05) is 21.2 Å². The monoisotopic (exact) mass is 249 g/mol. The first-order valence-corrected chi connectivity index (χ1v) is 7.32. The van der Waals surface area contributed by atoms with Crippen molar-refractivity contribution in [2.45, 2.75) is 26.3 Å². The largest absolute Gasteiger partial charge is 0.305 e. The maximum atomic E-state index is 3.65. The molecule has 3 rings (SSSR count). The van der Waals surface area contributed by atoms with Crippen LogP contribution >= 0.6 is 22.7 Å². The van der Waals surface area contributed by atoms with Crippen LogP contribution in [-0.4, -0.2) is 6.54 Å². The Hall–Kier alpha value is -0.640. The number of nitrogens with one attached hydrogen (secondary N) is 1. The Labute approximate surface area is 104 Å². The van der Waals surface area contributed by atoms with Crippen molar-refractivity contribution in [2.75, 3.05) is 6.54 Å². The van der Waals surface area contributed by atoms with Crippen molar-refractivity contribution in [3.63, 3.8) is 0 Å². The lowest BCUT2D eigenvalue weighted by Gasteiger charge is -2.24. The smallest absolute Gasteiger partial charge is 0.0684 e. The zero-order valence-corrected chi connectivity index (χ0v) is 11.2. The van der Waals surface area contributed by atoms with Crippen molar-refractivity contribution in [1.82, 2.24) is 5.32 Å². The van der Waals surface area contributed by atoms with Crippen LogP contribution in [0.15, 0.2) is 17.5 Å². The number of aryl methyl sites for hydroxylation is 2. The highest BCUT2D eigenvalue weighted by Gasteiger charge is 2.24. The summed E-state index contributed by atoms with van der Waals surface area (Å²) in [5.74, 6) is 0. The lowest BCUT2D eigenvalue weighted by Crippen LogP contribution is -2.29. The van der Waals surface area contributed by atoms with Gasteiger partial charge in [0.1, 0.15) is 0 Å². The van der Waals surface area contributed by atoms with Gasteiger partial charge in [0.15, 0.2) is 0 Å². The van der Waals surface area contributed by atoms with E-state index in [4.69, 9.17) is 0 Å². The summed E-state index contributed by atoms with van der Waals surface area (Å²) in [6.07, 6.45) is 1.19. The minimum absolute atomic E-state index is 0.439. The third-order valence-electron chi connectivity index (χ3n) is 3.13. The van der Waals surface area contributed by atoms with E-state index >= 15 is 0 Å². The second-order valence-electron chi connectivity index (χ2n) is 4.34. The normalized spacial score (nSPS) is 19.8. The molecule has 84 valence electrons. The molecule has 2 aromatic heterocycles. The van der Waals surface area contributed by atoms with E-state index in [2.05, 4.69) is 36.7 Å². The summed E-state index contributed by atoms with van der Waals surface area (Å²) in [4.78, 5) is 4.47. The van der Waals surface area contributed by atoms with E-state index < -0.39 is 0 Å². The lowest BCUT2D eigenvalue weighted by atomic mass is 9.99. The molecule has 0 radical (unpaired) electrons. The van der Waals surface area contributed by atoms with Crippen LogP contribution in [0.3, 0.4) is 0 Å². The van der Waals surface area contributed by atoms with Gasteiger partial charge in [0.05, 0.1) is 6.04 Å². The molecule has 0 bridgehead atoms. The Balaban J connectivity index is 2.07. The summed E-state index contributed by atoms with van der Waals surface area (Å²) in [7, 11) is 0. The molecule has 1 aliphatic heterocycles. The van der Waals surface area contributed by atoms with E-state index in [0.29, 0.717) is 6.04 Å². The Kier molecular flexibility index (Phi) is 2.62. The number of rotatable bonds is 1. The van der Waals surface area contributed by atoms with Gasteiger partial charge in [0.2, 0.25) is 0 Å². The van der Waals surface area contributed by atoms with Crippen LogP contribution in [-0.2, 0) is 6.42 Å². The quantitative estimate of drug-likeness (QED) is 0.813. The van der Waals surface area contributed by atoms with Crippen molar-refractivity contribution < 1.29 is 0 Å². The van der Waals surface area contributed by atoms with Crippen LogP contribution in [0.5, 0.6) is 0 Å². The highest BCUT2D eigenvalue weighted by molar-refractivity contribution is 7.12. The predicted molar refractivity (Wildman–Crippen MR) is 71.7 cm³/mol. The SMILES string of the molecule is Cc1cc(C)c(C2NCCc3sccc32)s1. The topological polar surface area (TPSA) is 12.0 Å². The summed E-state index contributed by atoms with van der Waals surface area (Å²) >= 11 is 3.83. The zero-order chi connectivity index (χ0) is 11.1. The standard InChI is InChI=1S/C13H15NS2/c1-8-7-9(2)16-13(8)12-10-4-6-15-11(10)3-5-14-12/h4,6-7,12,14H,3,5H2,1-2H3. The number of hydrogen-bond acceptors (Lipinski definition) is 3. The van der Waals surface area contributed by atoms with Gasteiger partial charge >= 0.3 is 0 Å². The van der Waals surface area contributed by atoms with E-state index in [0.717, 1.165) is 6.54 Å². The van der Waals surface area contributed by atoms with E-state index in [1.807, 2.05) is 22.7 Å². The van der Waals surface area contributed by atoms with Gasteiger partial charge in [0.25, 0.3) is 0 Å². The lowest BCUT2D eigenvalue weighted by molar-refractivity contribution is 0.580. The van der Waals surface area contributed by atoms with Crippen LogP contribution in [0.1, 0.15) is 31.8 Å². The molecule has 2 aromatic rings. The van der Waals surface area contributed by atoms with Crippen LogP contribution in [0.25, 0.3) is 0 Å². The molecule has 0 saturated carbocycles. The highest BCUT2D eigenvalue weighted by atomic mass is 32.1. The van der Waals surface area contributed by atoms with Gasteiger partial charge in [-0.25, -0.2) is 0 Å². The fourth-order valence-electron chi connectivity index (χ4n) is 2.43. The third kappa shape index (κ3) is 1.63.